The third kappa shape index (κ3) is 2.77. The van der Waals surface area contributed by atoms with Gasteiger partial charge in [-0.3, -0.25) is 4.90 Å². The van der Waals surface area contributed by atoms with Crippen LogP contribution in [-0.2, 0) is 6.54 Å². The van der Waals surface area contributed by atoms with Gasteiger partial charge in [-0.05, 0) is 32.7 Å². The van der Waals surface area contributed by atoms with Gasteiger partial charge in [0.2, 0.25) is 0 Å². The first-order valence-corrected chi connectivity index (χ1v) is 6.36. The van der Waals surface area contributed by atoms with E-state index in [1.54, 1.807) is 11.3 Å². The molecule has 2 N–H and O–H groups in total. The molecule has 0 aliphatic carbocycles. The molecule has 4 heteroatoms. The first kappa shape index (κ1) is 11.0. The SMILES string of the molecule is Cc1ncc(CN2CCC(C(C)N)C2)s1. The van der Waals surface area contributed by atoms with Crippen molar-refractivity contribution in [3.05, 3.63) is 16.1 Å². The van der Waals surface area contributed by atoms with Gasteiger partial charge in [0.15, 0.2) is 0 Å². The quantitative estimate of drug-likeness (QED) is 0.850. The largest absolute Gasteiger partial charge is 0.328 e. The van der Waals surface area contributed by atoms with Crippen LogP contribution in [0.1, 0.15) is 23.2 Å². The third-order valence-corrected chi connectivity index (χ3v) is 4.00. The summed E-state index contributed by atoms with van der Waals surface area (Å²) in [5.41, 5.74) is 5.92. The highest BCUT2D eigenvalue weighted by Crippen LogP contribution is 2.22. The van der Waals surface area contributed by atoms with Gasteiger partial charge in [-0.2, -0.15) is 0 Å². The van der Waals surface area contributed by atoms with Gasteiger partial charge in [0.05, 0.1) is 5.01 Å². The summed E-state index contributed by atoms with van der Waals surface area (Å²) in [7, 11) is 0. The van der Waals surface area contributed by atoms with Crippen LogP contribution in [0.3, 0.4) is 0 Å². The van der Waals surface area contributed by atoms with E-state index in [4.69, 9.17) is 5.73 Å². The summed E-state index contributed by atoms with van der Waals surface area (Å²) in [6.07, 6.45) is 3.24. The molecule has 2 heterocycles. The molecule has 1 aromatic rings. The molecule has 2 unspecified atom stereocenters. The molecule has 0 saturated carbocycles. The Morgan fingerprint density at radius 1 is 1.73 bits per heavy atom. The van der Waals surface area contributed by atoms with Gasteiger partial charge < -0.3 is 5.73 Å². The summed E-state index contributed by atoms with van der Waals surface area (Å²) in [6, 6.07) is 0.332. The Morgan fingerprint density at radius 3 is 3.07 bits per heavy atom. The van der Waals surface area contributed by atoms with E-state index in [1.807, 2.05) is 6.20 Å². The first-order valence-electron chi connectivity index (χ1n) is 5.54. The summed E-state index contributed by atoms with van der Waals surface area (Å²) in [4.78, 5) is 8.14. The molecule has 0 spiro atoms. The van der Waals surface area contributed by atoms with Crippen LogP contribution in [0, 0.1) is 12.8 Å². The second kappa shape index (κ2) is 4.60. The van der Waals surface area contributed by atoms with E-state index in [1.165, 1.54) is 17.8 Å². The summed E-state index contributed by atoms with van der Waals surface area (Å²) < 4.78 is 0. The van der Waals surface area contributed by atoms with E-state index in [2.05, 4.69) is 23.7 Å². The lowest BCUT2D eigenvalue weighted by molar-refractivity contribution is 0.311. The molecule has 1 aliphatic rings. The highest BCUT2D eigenvalue weighted by atomic mass is 32.1. The fraction of sp³-hybridized carbons (Fsp3) is 0.727. The van der Waals surface area contributed by atoms with Crippen molar-refractivity contribution in [2.75, 3.05) is 13.1 Å². The first-order chi connectivity index (χ1) is 7.15. The molecule has 1 aromatic heterocycles. The summed E-state index contributed by atoms with van der Waals surface area (Å²) >= 11 is 1.80. The topological polar surface area (TPSA) is 42.2 Å². The number of nitrogens with zero attached hydrogens (tertiary/aromatic N) is 2. The van der Waals surface area contributed by atoms with Gasteiger partial charge in [0.1, 0.15) is 0 Å². The van der Waals surface area contributed by atoms with E-state index >= 15 is 0 Å². The van der Waals surface area contributed by atoms with Crippen molar-refractivity contribution in [1.29, 1.82) is 0 Å². The predicted octanol–water partition coefficient (Wildman–Crippen LogP) is 1.62. The van der Waals surface area contributed by atoms with E-state index in [0.717, 1.165) is 18.1 Å². The highest BCUT2D eigenvalue weighted by Gasteiger charge is 2.25. The Hall–Kier alpha value is -0.450. The predicted molar refractivity (Wildman–Crippen MR) is 63.9 cm³/mol. The zero-order valence-corrected chi connectivity index (χ0v) is 10.3. The maximum absolute atomic E-state index is 5.92. The van der Waals surface area contributed by atoms with Crippen LogP contribution in [-0.4, -0.2) is 29.0 Å². The van der Waals surface area contributed by atoms with Crippen LogP contribution in [0.4, 0.5) is 0 Å². The molecule has 0 amide bonds. The van der Waals surface area contributed by atoms with Crippen LogP contribution < -0.4 is 5.73 Å². The molecule has 0 bridgehead atoms. The van der Waals surface area contributed by atoms with Gasteiger partial charge >= 0.3 is 0 Å². The molecule has 0 radical (unpaired) electrons. The van der Waals surface area contributed by atoms with E-state index < -0.39 is 0 Å². The summed E-state index contributed by atoms with van der Waals surface area (Å²) in [5, 5.41) is 1.16. The second-order valence-electron chi connectivity index (χ2n) is 4.49. The zero-order valence-electron chi connectivity index (χ0n) is 9.44. The van der Waals surface area contributed by atoms with Crippen molar-refractivity contribution in [2.24, 2.45) is 11.7 Å². The molecule has 15 heavy (non-hydrogen) atoms. The van der Waals surface area contributed by atoms with Crippen molar-refractivity contribution in [3.63, 3.8) is 0 Å². The zero-order chi connectivity index (χ0) is 10.8. The molecule has 0 aromatic carbocycles. The Bertz CT molecular complexity index is 321. The minimum Gasteiger partial charge on any atom is -0.328 e. The maximum Gasteiger partial charge on any atom is 0.0897 e. The lowest BCUT2D eigenvalue weighted by Crippen LogP contribution is -2.29. The van der Waals surface area contributed by atoms with Gasteiger partial charge in [-0.25, -0.2) is 4.98 Å². The van der Waals surface area contributed by atoms with Crippen LogP contribution in [0.5, 0.6) is 0 Å². The maximum atomic E-state index is 5.92. The van der Waals surface area contributed by atoms with E-state index in [9.17, 15) is 0 Å². The Balaban J connectivity index is 1.87. The number of aromatic nitrogens is 1. The fourth-order valence-corrected chi connectivity index (χ4v) is 2.97. The molecule has 3 nitrogen and oxygen atoms in total. The molecule has 2 rings (SSSR count). The Kier molecular flexibility index (Phi) is 3.38. The molecular formula is C11H19N3S. The van der Waals surface area contributed by atoms with E-state index in [0.29, 0.717) is 12.0 Å². The lowest BCUT2D eigenvalue weighted by Gasteiger charge is -2.16. The van der Waals surface area contributed by atoms with Crippen molar-refractivity contribution < 1.29 is 0 Å². The number of aryl methyl sites for hydroxylation is 1. The smallest absolute Gasteiger partial charge is 0.0897 e. The third-order valence-electron chi connectivity index (χ3n) is 3.10. The number of likely N-dealkylation sites (tertiary alicyclic amines) is 1. The standard InChI is InChI=1S/C11H19N3S/c1-8(12)10-3-4-14(6-10)7-11-5-13-9(2)15-11/h5,8,10H,3-4,6-7,12H2,1-2H3. The average Bonchev–Trinajstić information content (AvgIpc) is 2.76. The second-order valence-corrected chi connectivity index (χ2v) is 5.81. The number of thiazole rings is 1. The minimum atomic E-state index is 0.332. The van der Waals surface area contributed by atoms with Gasteiger partial charge in [-0.15, -0.1) is 11.3 Å². The van der Waals surface area contributed by atoms with Crippen LogP contribution in [0.2, 0.25) is 0 Å². The fourth-order valence-electron chi connectivity index (χ4n) is 2.13. The van der Waals surface area contributed by atoms with Crippen molar-refractivity contribution in [1.82, 2.24) is 9.88 Å². The normalized spacial score (nSPS) is 24.6. The lowest BCUT2D eigenvalue weighted by atomic mass is 10.0. The Morgan fingerprint density at radius 2 is 2.53 bits per heavy atom. The monoisotopic (exact) mass is 225 g/mol. The van der Waals surface area contributed by atoms with Gasteiger partial charge in [0, 0.05) is 30.2 Å². The molecular weight excluding hydrogens is 206 g/mol. The minimum absolute atomic E-state index is 0.332. The molecule has 84 valence electrons. The highest BCUT2D eigenvalue weighted by molar-refractivity contribution is 7.11. The average molecular weight is 225 g/mol. The van der Waals surface area contributed by atoms with Gasteiger partial charge in [0.25, 0.3) is 0 Å². The van der Waals surface area contributed by atoms with Crippen molar-refractivity contribution >= 4 is 11.3 Å². The van der Waals surface area contributed by atoms with Crippen LogP contribution in [0.25, 0.3) is 0 Å². The van der Waals surface area contributed by atoms with Crippen LogP contribution in [0.15, 0.2) is 6.20 Å². The van der Waals surface area contributed by atoms with E-state index in [-0.39, 0.29) is 0 Å². The molecule has 1 fully saturated rings. The molecule has 1 aliphatic heterocycles. The van der Waals surface area contributed by atoms with Crippen LogP contribution >= 0.6 is 11.3 Å². The number of hydrogen-bond acceptors (Lipinski definition) is 4. The number of rotatable bonds is 3. The van der Waals surface area contributed by atoms with Gasteiger partial charge in [-0.1, -0.05) is 0 Å². The number of nitrogens with two attached hydrogens (primary N) is 1. The van der Waals surface area contributed by atoms with Crippen molar-refractivity contribution in [3.8, 4) is 0 Å². The molecule has 1 saturated heterocycles. The summed E-state index contributed by atoms with van der Waals surface area (Å²) in [6.45, 7) is 7.56. The molecule has 2 atom stereocenters. The Labute approximate surface area is 95.3 Å². The summed E-state index contributed by atoms with van der Waals surface area (Å²) in [5.74, 6) is 0.680. The van der Waals surface area contributed by atoms with Crippen molar-refractivity contribution in [2.45, 2.75) is 32.9 Å². The number of hydrogen-bond donors (Lipinski definition) is 1.